The van der Waals surface area contributed by atoms with Crippen molar-refractivity contribution >= 4 is 11.8 Å². The normalized spacial score (nSPS) is 23.3. The molecule has 7 heteroatoms. The van der Waals surface area contributed by atoms with Crippen LogP contribution in [0, 0.1) is 5.92 Å². The first-order valence-corrected chi connectivity index (χ1v) is 9.72. The first kappa shape index (κ1) is 17.2. The first-order valence-electron chi connectivity index (χ1n) is 9.72. The highest BCUT2D eigenvalue weighted by molar-refractivity contribution is 5.80. The summed E-state index contributed by atoms with van der Waals surface area (Å²) in [5.74, 6) is 0.981. The largest absolute Gasteiger partial charge is 0.338 e. The Morgan fingerprint density at radius 3 is 2.62 bits per heavy atom. The van der Waals surface area contributed by atoms with E-state index >= 15 is 0 Å². The van der Waals surface area contributed by atoms with Crippen LogP contribution in [0.15, 0.2) is 4.79 Å². The van der Waals surface area contributed by atoms with E-state index in [4.69, 9.17) is 4.98 Å². The third kappa shape index (κ3) is 3.04. The lowest BCUT2D eigenvalue weighted by molar-refractivity contribution is -0.142. The highest BCUT2D eigenvalue weighted by Crippen LogP contribution is 2.35. The van der Waals surface area contributed by atoms with Gasteiger partial charge in [0.1, 0.15) is 5.82 Å². The van der Waals surface area contributed by atoms with E-state index in [1.165, 1.54) is 6.92 Å². The van der Waals surface area contributed by atoms with Gasteiger partial charge in [-0.25, -0.2) is 4.98 Å². The van der Waals surface area contributed by atoms with Crippen molar-refractivity contribution in [3.8, 4) is 0 Å². The van der Waals surface area contributed by atoms with E-state index in [2.05, 4.69) is 4.98 Å². The molecule has 2 fully saturated rings. The monoisotopic (exact) mass is 358 g/mol. The third-order valence-electron chi connectivity index (χ3n) is 6.09. The average molecular weight is 358 g/mol. The van der Waals surface area contributed by atoms with E-state index in [1.54, 1.807) is 4.90 Å². The fourth-order valence-corrected chi connectivity index (χ4v) is 4.24. The number of hydrogen-bond donors (Lipinski definition) is 1. The maximum absolute atomic E-state index is 12.8. The van der Waals surface area contributed by atoms with E-state index in [0.29, 0.717) is 30.9 Å². The van der Waals surface area contributed by atoms with Crippen LogP contribution in [0.4, 0.5) is 0 Å². The molecule has 0 radical (unpaired) electrons. The molecular formula is C19H26N4O3. The van der Waals surface area contributed by atoms with Crippen LogP contribution in [0.25, 0.3) is 0 Å². The predicted molar refractivity (Wildman–Crippen MR) is 95.3 cm³/mol. The van der Waals surface area contributed by atoms with Gasteiger partial charge in [0, 0.05) is 32.4 Å². The average Bonchev–Trinajstić information content (AvgIpc) is 2.59. The summed E-state index contributed by atoms with van der Waals surface area (Å²) >= 11 is 0. The highest BCUT2D eigenvalue weighted by Gasteiger charge is 2.36. The van der Waals surface area contributed by atoms with Crippen LogP contribution < -0.4 is 5.56 Å². The molecule has 140 valence electrons. The molecule has 2 amide bonds. The molecule has 1 atom stereocenters. The van der Waals surface area contributed by atoms with Crippen molar-refractivity contribution in [2.24, 2.45) is 5.92 Å². The summed E-state index contributed by atoms with van der Waals surface area (Å²) in [6.07, 6.45) is 6.59. The third-order valence-corrected chi connectivity index (χ3v) is 6.09. The minimum Gasteiger partial charge on any atom is -0.338 e. The minimum atomic E-state index is -0.169. The van der Waals surface area contributed by atoms with Crippen LogP contribution in [0.1, 0.15) is 68.6 Å². The molecule has 4 rings (SSSR count). The number of amides is 2. The van der Waals surface area contributed by atoms with Crippen molar-refractivity contribution in [3.05, 3.63) is 27.4 Å². The molecule has 1 aromatic rings. The molecule has 0 spiro atoms. The summed E-state index contributed by atoms with van der Waals surface area (Å²) in [5.41, 5.74) is 1.20. The number of likely N-dealkylation sites (tertiary alicyclic amines) is 1. The maximum Gasteiger partial charge on any atom is 0.256 e. The van der Waals surface area contributed by atoms with Gasteiger partial charge < -0.3 is 14.8 Å². The van der Waals surface area contributed by atoms with Crippen molar-refractivity contribution < 1.29 is 9.59 Å². The summed E-state index contributed by atoms with van der Waals surface area (Å²) in [6.45, 7) is 3.18. The van der Waals surface area contributed by atoms with E-state index in [-0.39, 0.29) is 29.3 Å². The first-order chi connectivity index (χ1) is 12.5. The highest BCUT2D eigenvalue weighted by atomic mass is 16.2. The molecule has 3 heterocycles. The fourth-order valence-electron chi connectivity index (χ4n) is 4.24. The van der Waals surface area contributed by atoms with E-state index in [1.807, 2.05) is 4.90 Å². The molecule has 2 aliphatic heterocycles. The van der Waals surface area contributed by atoms with Gasteiger partial charge in [-0.1, -0.05) is 6.42 Å². The van der Waals surface area contributed by atoms with Gasteiger partial charge in [-0.15, -0.1) is 0 Å². The summed E-state index contributed by atoms with van der Waals surface area (Å²) in [6, 6.07) is -0.124. The summed E-state index contributed by atoms with van der Waals surface area (Å²) < 4.78 is 0. The molecule has 1 saturated heterocycles. The Balaban J connectivity index is 1.62. The Kier molecular flexibility index (Phi) is 4.54. The topological polar surface area (TPSA) is 86.4 Å². The Bertz CT molecular complexity index is 783. The molecule has 0 bridgehead atoms. The van der Waals surface area contributed by atoms with E-state index < -0.39 is 0 Å². The molecule has 26 heavy (non-hydrogen) atoms. The molecule has 0 aromatic carbocycles. The SMILES string of the molecule is CC(=O)N1CCc2nc([C@H]3CCCCN3C(=O)C3CCC3)[nH]c(=O)c2C1. The van der Waals surface area contributed by atoms with Gasteiger partial charge in [-0.2, -0.15) is 0 Å². The van der Waals surface area contributed by atoms with E-state index in [0.717, 1.165) is 50.8 Å². The van der Waals surface area contributed by atoms with Crippen LogP contribution in [-0.4, -0.2) is 44.7 Å². The number of nitrogens with one attached hydrogen (secondary N) is 1. The standard InChI is InChI=1S/C19H26N4O3/c1-12(24)22-10-8-15-14(11-22)18(25)21-17(20-15)16-7-2-3-9-23(16)19(26)13-5-4-6-13/h13,16H,2-11H2,1H3,(H,20,21,25)/t16-/m1/s1. The fraction of sp³-hybridized carbons (Fsp3) is 0.684. The quantitative estimate of drug-likeness (QED) is 0.869. The minimum absolute atomic E-state index is 0.0244. The van der Waals surface area contributed by atoms with E-state index in [9.17, 15) is 14.4 Å². The van der Waals surface area contributed by atoms with Gasteiger partial charge in [0.2, 0.25) is 11.8 Å². The number of nitrogens with zero attached hydrogens (tertiary/aromatic N) is 3. The number of aromatic amines is 1. The molecule has 0 unspecified atom stereocenters. The summed E-state index contributed by atoms with van der Waals surface area (Å²) in [7, 11) is 0. The van der Waals surface area contributed by atoms with Gasteiger partial charge in [0.05, 0.1) is 23.8 Å². The molecule has 1 saturated carbocycles. The zero-order chi connectivity index (χ0) is 18.3. The predicted octanol–water partition coefficient (Wildman–Crippen LogP) is 1.53. The molecule has 3 aliphatic rings. The zero-order valence-corrected chi connectivity index (χ0v) is 15.3. The second-order valence-corrected chi connectivity index (χ2v) is 7.74. The lowest BCUT2D eigenvalue weighted by Crippen LogP contribution is -2.45. The van der Waals surface area contributed by atoms with Crippen LogP contribution in [0.3, 0.4) is 0 Å². The summed E-state index contributed by atoms with van der Waals surface area (Å²) in [4.78, 5) is 48.3. The number of aromatic nitrogens is 2. The number of fused-ring (bicyclic) bond motifs is 1. The molecule has 1 aliphatic carbocycles. The number of hydrogen-bond acceptors (Lipinski definition) is 4. The van der Waals surface area contributed by atoms with Crippen LogP contribution >= 0.6 is 0 Å². The smallest absolute Gasteiger partial charge is 0.256 e. The molecule has 7 nitrogen and oxygen atoms in total. The molecular weight excluding hydrogens is 332 g/mol. The van der Waals surface area contributed by atoms with Crippen molar-refractivity contribution in [3.63, 3.8) is 0 Å². The van der Waals surface area contributed by atoms with Crippen molar-refractivity contribution in [2.45, 2.75) is 64.5 Å². The van der Waals surface area contributed by atoms with Crippen molar-refractivity contribution in [2.75, 3.05) is 13.1 Å². The Morgan fingerprint density at radius 1 is 1.12 bits per heavy atom. The lowest BCUT2D eigenvalue weighted by atomic mass is 9.83. The number of H-pyrrole nitrogens is 1. The Morgan fingerprint density at radius 2 is 1.92 bits per heavy atom. The Labute approximate surface area is 152 Å². The number of rotatable bonds is 2. The lowest BCUT2D eigenvalue weighted by Gasteiger charge is -2.39. The molecule has 1 aromatic heterocycles. The number of carbonyl (C=O) groups excluding carboxylic acids is 2. The van der Waals surface area contributed by atoms with Gasteiger partial charge in [0.15, 0.2) is 0 Å². The zero-order valence-electron chi connectivity index (χ0n) is 15.3. The number of carbonyl (C=O) groups is 2. The van der Waals surface area contributed by atoms with Crippen LogP contribution in [0.5, 0.6) is 0 Å². The Hall–Kier alpha value is -2.18. The van der Waals surface area contributed by atoms with Gasteiger partial charge in [-0.05, 0) is 32.1 Å². The van der Waals surface area contributed by atoms with Crippen LogP contribution in [0.2, 0.25) is 0 Å². The van der Waals surface area contributed by atoms with Gasteiger partial charge >= 0.3 is 0 Å². The van der Waals surface area contributed by atoms with Gasteiger partial charge in [-0.3, -0.25) is 14.4 Å². The van der Waals surface area contributed by atoms with Gasteiger partial charge in [0.25, 0.3) is 5.56 Å². The second kappa shape index (κ2) is 6.85. The maximum atomic E-state index is 12.8. The summed E-state index contributed by atoms with van der Waals surface area (Å²) in [5, 5.41) is 0. The van der Waals surface area contributed by atoms with Crippen molar-refractivity contribution in [1.29, 1.82) is 0 Å². The molecule has 1 N–H and O–H groups in total. The van der Waals surface area contributed by atoms with Crippen LogP contribution in [-0.2, 0) is 22.6 Å². The number of piperidine rings is 1. The van der Waals surface area contributed by atoms with Crippen molar-refractivity contribution in [1.82, 2.24) is 19.8 Å². The second-order valence-electron chi connectivity index (χ2n) is 7.74.